The third kappa shape index (κ3) is 2.12. The summed E-state index contributed by atoms with van der Waals surface area (Å²) in [6.07, 6.45) is 7.67. The topological polar surface area (TPSA) is 50.4 Å². The van der Waals surface area contributed by atoms with E-state index in [0.717, 1.165) is 25.1 Å². The monoisotopic (exact) mass is 326 g/mol. The Bertz CT molecular complexity index is 678. The standard InChI is InChI=1S/C20H26N2O2/c1-12-3-6-14(21-19(23)13-4-5-13)11-16(12)22-17-15-7-10-24-18(15)20(17)8-2-9-20/h3,6,11,13,15,17-18,22H,2,4-5,7-10H2,1H3,(H,21,23). The van der Waals surface area contributed by atoms with Gasteiger partial charge in [0.05, 0.1) is 6.10 Å². The van der Waals surface area contributed by atoms with Gasteiger partial charge in [-0.15, -0.1) is 0 Å². The predicted molar refractivity (Wildman–Crippen MR) is 94.1 cm³/mol. The third-order valence-corrected chi connectivity index (χ3v) is 6.80. The number of rotatable bonds is 4. The Labute approximate surface area is 143 Å². The molecular weight excluding hydrogens is 300 g/mol. The highest BCUT2D eigenvalue weighted by molar-refractivity contribution is 5.94. The molecule has 0 bridgehead atoms. The fourth-order valence-electron chi connectivity index (χ4n) is 5.07. The molecule has 4 fully saturated rings. The molecular formula is C20H26N2O2. The van der Waals surface area contributed by atoms with E-state index < -0.39 is 0 Å². The molecule has 128 valence electrons. The van der Waals surface area contributed by atoms with Crippen molar-refractivity contribution < 1.29 is 9.53 Å². The molecule has 0 radical (unpaired) electrons. The van der Waals surface area contributed by atoms with Crippen LogP contribution in [0.3, 0.4) is 0 Å². The summed E-state index contributed by atoms with van der Waals surface area (Å²) in [6.45, 7) is 3.06. The van der Waals surface area contributed by atoms with Crippen LogP contribution in [-0.2, 0) is 9.53 Å². The average Bonchev–Trinajstić information content (AvgIpc) is 3.28. The van der Waals surface area contributed by atoms with Gasteiger partial charge in [-0.25, -0.2) is 0 Å². The second kappa shape index (κ2) is 5.22. The van der Waals surface area contributed by atoms with Crippen molar-refractivity contribution in [1.82, 2.24) is 0 Å². The SMILES string of the molecule is Cc1ccc(NC(=O)C2CC2)cc1NC1C2CCOC2C12CCC2. The lowest BCUT2D eigenvalue weighted by molar-refractivity contribution is -0.158. The molecule has 3 saturated carbocycles. The number of anilines is 2. The van der Waals surface area contributed by atoms with Crippen molar-refractivity contribution >= 4 is 17.3 Å². The summed E-state index contributed by atoms with van der Waals surface area (Å²) in [5.41, 5.74) is 3.71. The molecule has 1 heterocycles. The quantitative estimate of drug-likeness (QED) is 0.887. The van der Waals surface area contributed by atoms with Gasteiger partial charge in [-0.2, -0.15) is 0 Å². The zero-order valence-corrected chi connectivity index (χ0v) is 14.3. The molecule has 24 heavy (non-hydrogen) atoms. The zero-order valence-electron chi connectivity index (χ0n) is 14.3. The Hall–Kier alpha value is -1.55. The Morgan fingerprint density at radius 2 is 2.08 bits per heavy atom. The summed E-state index contributed by atoms with van der Waals surface area (Å²) in [5, 5.41) is 6.91. The summed E-state index contributed by atoms with van der Waals surface area (Å²) >= 11 is 0. The van der Waals surface area contributed by atoms with Crippen molar-refractivity contribution in [2.45, 2.75) is 57.6 Å². The van der Waals surface area contributed by atoms with Crippen molar-refractivity contribution in [1.29, 1.82) is 0 Å². The molecule has 3 atom stereocenters. The molecule has 1 spiro atoms. The number of carbonyl (C=O) groups excluding carboxylic acids is 1. The lowest BCUT2D eigenvalue weighted by atomic mass is 9.46. The minimum absolute atomic E-state index is 0.174. The first-order valence-electron chi connectivity index (χ1n) is 9.47. The van der Waals surface area contributed by atoms with Crippen molar-refractivity contribution in [3.05, 3.63) is 23.8 Å². The number of aryl methyl sites for hydroxylation is 1. The molecule has 1 aliphatic heterocycles. The van der Waals surface area contributed by atoms with Gasteiger partial charge < -0.3 is 15.4 Å². The molecule has 1 saturated heterocycles. The fraction of sp³-hybridized carbons (Fsp3) is 0.650. The first-order chi connectivity index (χ1) is 11.7. The number of nitrogens with one attached hydrogen (secondary N) is 2. The minimum Gasteiger partial charge on any atom is -0.381 e. The molecule has 3 unspecified atom stereocenters. The van der Waals surface area contributed by atoms with E-state index in [0.29, 0.717) is 23.5 Å². The molecule has 4 heteroatoms. The van der Waals surface area contributed by atoms with Crippen LogP contribution in [0.2, 0.25) is 0 Å². The van der Waals surface area contributed by atoms with Gasteiger partial charge in [-0.3, -0.25) is 4.79 Å². The highest BCUT2D eigenvalue weighted by Gasteiger charge is 2.66. The van der Waals surface area contributed by atoms with Crippen molar-refractivity contribution in [2.24, 2.45) is 17.3 Å². The first kappa shape index (κ1) is 14.8. The maximum atomic E-state index is 12.0. The first-order valence-corrected chi connectivity index (χ1v) is 9.47. The number of hydrogen-bond acceptors (Lipinski definition) is 3. The molecule has 5 rings (SSSR count). The molecule has 4 aliphatic rings. The van der Waals surface area contributed by atoms with Crippen LogP contribution in [0.25, 0.3) is 0 Å². The second-order valence-electron chi connectivity index (χ2n) is 8.25. The highest BCUT2D eigenvalue weighted by atomic mass is 16.5. The van der Waals surface area contributed by atoms with Crippen LogP contribution in [0.4, 0.5) is 11.4 Å². The lowest BCUT2D eigenvalue weighted by Gasteiger charge is -2.63. The number of amides is 1. The Balaban J connectivity index is 1.35. The van der Waals surface area contributed by atoms with Gasteiger partial charge in [0.25, 0.3) is 0 Å². The normalized spacial score (nSPS) is 32.6. The van der Waals surface area contributed by atoms with E-state index in [2.05, 4.69) is 29.7 Å². The molecule has 1 aromatic rings. The van der Waals surface area contributed by atoms with E-state index in [1.807, 2.05) is 6.07 Å². The van der Waals surface area contributed by atoms with Crippen LogP contribution >= 0.6 is 0 Å². The van der Waals surface area contributed by atoms with E-state index in [-0.39, 0.29) is 11.8 Å². The van der Waals surface area contributed by atoms with E-state index in [9.17, 15) is 4.79 Å². The van der Waals surface area contributed by atoms with Crippen molar-refractivity contribution in [3.8, 4) is 0 Å². The molecule has 2 N–H and O–H groups in total. The van der Waals surface area contributed by atoms with Gasteiger partial charge in [0.15, 0.2) is 0 Å². The van der Waals surface area contributed by atoms with Crippen LogP contribution in [-0.4, -0.2) is 24.7 Å². The Morgan fingerprint density at radius 3 is 2.79 bits per heavy atom. The summed E-state index contributed by atoms with van der Waals surface area (Å²) in [4.78, 5) is 12.0. The predicted octanol–water partition coefficient (Wildman–Crippen LogP) is 3.71. The minimum atomic E-state index is 0.174. The van der Waals surface area contributed by atoms with Crippen molar-refractivity contribution in [2.75, 3.05) is 17.2 Å². The summed E-state index contributed by atoms with van der Waals surface area (Å²) in [5.74, 6) is 1.08. The molecule has 4 nitrogen and oxygen atoms in total. The largest absolute Gasteiger partial charge is 0.381 e. The Morgan fingerprint density at radius 1 is 1.25 bits per heavy atom. The van der Waals surface area contributed by atoms with Crippen LogP contribution in [0, 0.1) is 24.2 Å². The van der Waals surface area contributed by atoms with Crippen LogP contribution in [0.1, 0.15) is 44.1 Å². The number of hydrogen-bond donors (Lipinski definition) is 2. The van der Waals surface area contributed by atoms with Gasteiger partial charge in [0, 0.05) is 41.3 Å². The fourth-order valence-corrected chi connectivity index (χ4v) is 5.07. The number of carbonyl (C=O) groups is 1. The zero-order chi connectivity index (χ0) is 16.3. The van der Waals surface area contributed by atoms with Crippen molar-refractivity contribution in [3.63, 3.8) is 0 Å². The smallest absolute Gasteiger partial charge is 0.227 e. The van der Waals surface area contributed by atoms with E-state index in [1.165, 1.54) is 36.9 Å². The van der Waals surface area contributed by atoms with Crippen LogP contribution in [0.5, 0.6) is 0 Å². The molecule has 1 amide bonds. The third-order valence-electron chi connectivity index (χ3n) is 6.80. The molecule has 3 aliphatic carbocycles. The van der Waals surface area contributed by atoms with Gasteiger partial charge in [-0.05, 0) is 56.7 Å². The van der Waals surface area contributed by atoms with Gasteiger partial charge in [0.1, 0.15) is 0 Å². The van der Waals surface area contributed by atoms with Gasteiger partial charge in [-0.1, -0.05) is 12.5 Å². The van der Waals surface area contributed by atoms with Gasteiger partial charge in [0.2, 0.25) is 5.91 Å². The second-order valence-corrected chi connectivity index (χ2v) is 8.25. The maximum absolute atomic E-state index is 12.0. The van der Waals surface area contributed by atoms with E-state index in [1.54, 1.807) is 0 Å². The van der Waals surface area contributed by atoms with E-state index >= 15 is 0 Å². The highest BCUT2D eigenvalue weighted by Crippen LogP contribution is 2.63. The molecule has 0 aromatic heterocycles. The van der Waals surface area contributed by atoms with E-state index in [4.69, 9.17) is 4.74 Å². The maximum Gasteiger partial charge on any atom is 0.227 e. The summed E-state index contributed by atoms with van der Waals surface area (Å²) in [7, 11) is 0. The summed E-state index contributed by atoms with van der Waals surface area (Å²) in [6, 6.07) is 6.78. The lowest BCUT2D eigenvalue weighted by Crippen LogP contribution is -2.68. The number of benzene rings is 1. The van der Waals surface area contributed by atoms with Gasteiger partial charge >= 0.3 is 0 Å². The summed E-state index contributed by atoms with van der Waals surface area (Å²) < 4.78 is 6.02. The number of fused-ring (bicyclic) bond motifs is 2. The average molecular weight is 326 g/mol. The van der Waals surface area contributed by atoms with Crippen LogP contribution in [0.15, 0.2) is 18.2 Å². The molecule has 1 aromatic carbocycles. The number of ether oxygens (including phenoxy) is 1. The Kier molecular flexibility index (Phi) is 3.21. The van der Waals surface area contributed by atoms with Crippen LogP contribution < -0.4 is 10.6 Å².